The van der Waals surface area contributed by atoms with Crippen LogP contribution in [0, 0.1) is 0 Å². The van der Waals surface area contributed by atoms with Crippen molar-refractivity contribution in [1.29, 1.82) is 0 Å². The Hall–Kier alpha value is 0.940. The third-order valence-electron chi connectivity index (χ3n) is 0.211. The van der Waals surface area contributed by atoms with Gasteiger partial charge in [0.2, 0.25) is 0 Å². The summed E-state index contributed by atoms with van der Waals surface area (Å²) >= 11 is 0. The maximum Gasteiger partial charge on any atom is 1.00 e. The third-order valence-corrected chi connectivity index (χ3v) is 0.632. The first-order valence-corrected chi connectivity index (χ1v) is 2.66. The van der Waals surface area contributed by atoms with E-state index in [0.29, 0.717) is 5.41 Å². The average Bonchev–Trinajstić information content (AvgIpc) is 1.35. The monoisotopic (exact) mass is 166 g/mol. The molecule has 0 aromatic heterocycles. The van der Waals surface area contributed by atoms with E-state index < -0.39 is 10.1 Å². The Labute approximate surface area is 76.6 Å². The first-order valence-electron chi connectivity index (χ1n) is 1.16. The summed E-state index contributed by atoms with van der Waals surface area (Å²) in [5.41, 5.74) is 0. The fourth-order valence-electron chi connectivity index (χ4n) is 0. The molecular weight excluding hydrogens is 163 g/mol. The molecule has 6 heteroatoms. The van der Waals surface area contributed by atoms with Gasteiger partial charge in [-0.05, 0) is 0 Å². The normalized spacial score (nSPS) is 8.12. The van der Waals surface area contributed by atoms with Gasteiger partial charge in [0.15, 0.2) is 0 Å². The van der Waals surface area contributed by atoms with Crippen molar-refractivity contribution in [1.82, 2.24) is 0 Å². The van der Waals surface area contributed by atoms with Gasteiger partial charge in [-0.25, -0.2) is 0 Å². The molecular formula is C2H4ClNaO3S. The predicted molar refractivity (Wildman–Crippen MR) is 21.7 cm³/mol. The van der Waals surface area contributed by atoms with Crippen LogP contribution in [0.25, 0.3) is 0 Å². The smallest absolute Gasteiger partial charge is 1.00 e. The number of halogens is 1. The summed E-state index contributed by atoms with van der Waals surface area (Å²) in [6.45, 7) is 2.79. The molecule has 0 heterocycles. The Kier molecular flexibility index (Phi) is 12.1. The largest absolute Gasteiger partial charge is 1.00 e. The second kappa shape index (κ2) is 6.07. The Balaban J connectivity index is -0.000000125. The number of hydrogen-bond donors (Lipinski definition) is 1. The Morgan fingerprint density at radius 2 is 1.62 bits per heavy atom. The van der Waals surface area contributed by atoms with E-state index in [1.807, 2.05) is 0 Å². The maximum absolute atomic E-state index is 9.44. The van der Waals surface area contributed by atoms with E-state index in [9.17, 15) is 8.42 Å². The van der Waals surface area contributed by atoms with E-state index in [-0.39, 0.29) is 42.0 Å². The standard InChI is InChI=1S/C2H4O3S.ClH.Na/c1-2-6(3,4)5;;/h2H,1H2,(H,3,4,5);1H;/q;;+1/p-1. The van der Waals surface area contributed by atoms with Crippen LogP contribution in [-0.4, -0.2) is 13.0 Å². The van der Waals surface area contributed by atoms with Crippen LogP contribution >= 0.6 is 0 Å². The zero-order chi connectivity index (χ0) is 5.21. The molecule has 0 fully saturated rings. The minimum absolute atomic E-state index is 0. The van der Waals surface area contributed by atoms with Crippen molar-refractivity contribution in [2.24, 2.45) is 0 Å². The van der Waals surface area contributed by atoms with Crippen LogP contribution in [0.2, 0.25) is 0 Å². The molecule has 0 aromatic carbocycles. The van der Waals surface area contributed by atoms with Gasteiger partial charge in [-0.1, -0.05) is 6.58 Å². The van der Waals surface area contributed by atoms with Gasteiger partial charge in [0, 0.05) is 0 Å². The van der Waals surface area contributed by atoms with Crippen LogP contribution in [0.5, 0.6) is 0 Å². The second-order valence-electron chi connectivity index (χ2n) is 0.682. The minimum atomic E-state index is -3.90. The Bertz CT molecular complexity index is 128. The van der Waals surface area contributed by atoms with Crippen LogP contribution < -0.4 is 42.0 Å². The van der Waals surface area contributed by atoms with Gasteiger partial charge in [0.05, 0.1) is 5.41 Å². The zero-order valence-electron chi connectivity index (χ0n) is 4.33. The molecule has 0 bridgehead atoms. The quantitative estimate of drug-likeness (QED) is 0.312. The van der Waals surface area contributed by atoms with Crippen LogP contribution in [0.3, 0.4) is 0 Å². The van der Waals surface area contributed by atoms with Gasteiger partial charge in [-0.2, -0.15) is 8.42 Å². The maximum atomic E-state index is 9.44. The van der Waals surface area contributed by atoms with Crippen molar-refractivity contribution in [3.63, 3.8) is 0 Å². The molecule has 8 heavy (non-hydrogen) atoms. The topological polar surface area (TPSA) is 54.4 Å². The summed E-state index contributed by atoms with van der Waals surface area (Å²) in [6, 6.07) is 0. The molecule has 0 saturated carbocycles. The molecule has 0 aromatic rings. The summed E-state index contributed by atoms with van der Waals surface area (Å²) in [7, 11) is -3.90. The third kappa shape index (κ3) is 15.8. The molecule has 0 aliphatic heterocycles. The van der Waals surface area contributed by atoms with Crippen molar-refractivity contribution in [2.45, 2.75) is 0 Å². The van der Waals surface area contributed by atoms with Gasteiger partial charge in [-0.3, -0.25) is 4.55 Å². The molecule has 0 unspecified atom stereocenters. The molecule has 0 radical (unpaired) electrons. The van der Waals surface area contributed by atoms with E-state index in [0.717, 1.165) is 0 Å². The first-order chi connectivity index (χ1) is 2.56. The molecule has 44 valence electrons. The predicted octanol–water partition coefficient (Wildman–Crippen LogP) is -5.97. The molecule has 3 nitrogen and oxygen atoms in total. The minimum Gasteiger partial charge on any atom is -1.00 e. The van der Waals surface area contributed by atoms with E-state index in [2.05, 4.69) is 6.58 Å². The summed E-state index contributed by atoms with van der Waals surface area (Å²) in [5.74, 6) is 0. The molecule has 1 N–H and O–H groups in total. The fourth-order valence-corrected chi connectivity index (χ4v) is 0. The van der Waals surface area contributed by atoms with Gasteiger partial charge < -0.3 is 12.4 Å². The molecule has 0 spiro atoms. The van der Waals surface area contributed by atoms with E-state index in [1.165, 1.54) is 0 Å². The van der Waals surface area contributed by atoms with E-state index in [1.54, 1.807) is 0 Å². The second-order valence-corrected chi connectivity index (χ2v) is 2.04. The van der Waals surface area contributed by atoms with E-state index in [4.69, 9.17) is 4.55 Å². The van der Waals surface area contributed by atoms with Gasteiger partial charge in [0.25, 0.3) is 10.1 Å². The Morgan fingerprint density at radius 3 is 1.62 bits per heavy atom. The van der Waals surface area contributed by atoms with E-state index >= 15 is 0 Å². The van der Waals surface area contributed by atoms with Crippen LogP contribution in [0.1, 0.15) is 0 Å². The van der Waals surface area contributed by atoms with Crippen molar-refractivity contribution in [3.8, 4) is 0 Å². The molecule has 0 amide bonds. The van der Waals surface area contributed by atoms with Gasteiger partial charge in [-0.15, -0.1) is 0 Å². The fraction of sp³-hybridized carbons (Fsp3) is 0. The van der Waals surface area contributed by atoms with Crippen molar-refractivity contribution < 1.29 is 54.9 Å². The zero-order valence-corrected chi connectivity index (χ0v) is 7.91. The SMILES string of the molecule is C=CS(=O)(=O)O.[Cl-].[Na+]. The summed E-state index contributed by atoms with van der Waals surface area (Å²) < 4.78 is 26.6. The average molecular weight is 167 g/mol. The van der Waals surface area contributed by atoms with Crippen molar-refractivity contribution >= 4 is 10.1 Å². The van der Waals surface area contributed by atoms with Crippen molar-refractivity contribution in [3.05, 3.63) is 12.0 Å². The van der Waals surface area contributed by atoms with Crippen LogP contribution in [-0.2, 0) is 10.1 Å². The molecule has 0 aliphatic rings. The molecule has 0 aliphatic carbocycles. The van der Waals surface area contributed by atoms with Crippen molar-refractivity contribution in [2.75, 3.05) is 0 Å². The van der Waals surface area contributed by atoms with Gasteiger partial charge in [0.1, 0.15) is 0 Å². The molecule has 0 rings (SSSR count). The summed E-state index contributed by atoms with van der Waals surface area (Å²) in [6.07, 6.45) is 0. The summed E-state index contributed by atoms with van der Waals surface area (Å²) in [5, 5.41) is 0.465. The molecule has 0 saturated heterocycles. The van der Waals surface area contributed by atoms with Crippen LogP contribution in [0.4, 0.5) is 0 Å². The Morgan fingerprint density at radius 1 is 1.50 bits per heavy atom. The number of rotatable bonds is 1. The molecule has 0 atom stereocenters. The number of hydrogen-bond acceptors (Lipinski definition) is 2. The van der Waals surface area contributed by atoms with Gasteiger partial charge >= 0.3 is 29.6 Å². The summed E-state index contributed by atoms with van der Waals surface area (Å²) in [4.78, 5) is 0. The first kappa shape index (κ1) is 16.0. The van der Waals surface area contributed by atoms with Crippen LogP contribution in [0.15, 0.2) is 12.0 Å².